The molecule has 2 amide bonds. The van der Waals surface area contributed by atoms with Gasteiger partial charge in [-0.25, -0.2) is 4.79 Å². The van der Waals surface area contributed by atoms with Crippen LogP contribution in [0.3, 0.4) is 0 Å². The second-order valence-corrected chi connectivity index (χ2v) is 6.45. The van der Waals surface area contributed by atoms with E-state index in [0.717, 1.165) is 30.2 Å². The van der Waals surface area contributed by atoms with Gasteiger partial charge in [0.1, 0.15) is 0 Å². The number of furan rings is 1. The number of hydrogen-bond acceptors (Lipinski definition) is 4. The van der Waals surface area contributed by atoms with Crippen LogP contribution >= 0.6 is 11.8 Å². The number of nitrogens with one attached hydrogen (secondary N) is 2. The van der Waals surface area contributed by atoms with E-state index in [2.05, 4.69) is 15.5 Å². The molecule has 2 heterocycles. The molecule has 0 unspecified atom stereocenters. The van der Waals surface area contributed by atoms with Crippen LogP contribution in [0.4, 0.5) is 4.79 Å². The Balaban J connectivity index is 1.94. The first-order valence-electron chi connectivity index (χ1n) is 7.05. The lowest BCUT2D eigenvalue weighted by molar-refractivity contribution is 0.204. The Morgan fingerprint density at radius 1 is 1.45 bits per heavy atom. The Morgan fingerprint density at radius 3 is 2.80 bits per heavy atom. The molecule has 0 aromatic carbocycles. The minimum Gasteiger partial charge on any atom is -0.472 e. The molecule has 2 N–H and O–H groups in total. The van der Waals surface area contributed by atoms with Gasteiger partial charge in [0, 0.05) is 42.7 Å². The number of hydrogen-bond donors (Lipinski definition) is 2. The first-order valence-corrected chi connectivity index (χ1v) is 8.20. The van der Waals surface area contributed by atoms with Gasteiger partial charge in [0.25, 0.3) is 0 Å². The Labute approximate surface area is 124 Å². The molecule has 6 heteroatoms. The number of thioether (sulfide) groups is 1. The average molecular weight is 297 g/mol. The van der Waals surface area contributed by atoms with Gasteiger partial charge in [-0.15, -0.1) is 0 Å². The fraction of sp³-hybridized carbons (Fsp3) is 0.643. The van der Waals surface area contributed by atoms with Crippen LogP contribution in [0.15, 0.2) is 23.0 Å². The minimum atomic E-state index is -0.111. The number of rotatable bonds is 5. The summed E-state index contributed by atoms with van der Waals surface area (Å²) in [4.78, 5) is 14.2. The van der Waals surface area contributed by atoms with E-state index in [9.17, 15) is 4.79 Å². The van der Waals surface area contributed by atoms with Crippen molar-refractivity contribution in [2.45, 2.75) is 25.9 Å². The van der Waals surface area contributed by atoms with Crippen LogP contribution in [0.25, 0.3) is 0 Å². The van der Waals surface area contributed by atoms with Crippen LogP contribution in [0.2, 0.25) is 0 Å². The van der Waals surface area contributed by atoms with Crippen molar-refractivity contribution in [3.8, 4) is 0 Å². The molecule has 20 heavy (non-hydrogen) atoms. The van der Waals surface area contributed by atoms with Gasteiger partial charge in [-0.1, -0.05) is 0 Å². The van der Waals surface area contributed by atoms with Gasteiger partial charge in [-0.3, -0.25) is 4.90 Å². The smallest absolute Gasteiger partial charge is 0.315 e. The van der Waals surface area contributed by atoms with Crippen LogP contribution in [0, 0.1) is 0 Å². The number of amides is 2. The van der Waals surface area contributed by atoms with E-state index in [-0.39, 0.29) is 18.1 Å². The zero-order chi connectivity index (χ0) is 14.4. The van der Waals surface area contributed by atoms with E-state index < -0.39 is 0 Å². The summed E-state index contributed by atoms with van der Waals surface area (Å²) in [6, 6.07) is 2.20. The van der Waals surface area contributed by atoms with E-state index in [1.54, 1.807) is 12.5 Å². The number of carbonyl (C=O) groups excluding carboxylic acids is 1. The molecule has 0 saturated carbocycles. The Hall–Kier alpha value is -1.14. The average Bonchev–Trinajstić information content (AvgIpc) is 2.93. The highest BCUT2D eigenvalue weighted by Gasteiger charge is 2.23. The molecule has 5 nitrogen and oxygen atoms in total. The third kappa shape index (κ3) is 4.45. The molecule has 112 valence electrons. The van der Waals surface area contributed by atoms with Crippen molar-refractivity contribution in [1.82, 2.24) is 15.5 Å². The van der Waals surface area contributed by atoms with Crippen molar-refractivity contribution < 1.29 is 9.21 Å². The van der Waals surface area contributed by atoms with E-state index in [0.29, 0.717) is 6.54 Å². The minimum absolute atomic E-state index is 0.111. The molecule has 1 aromatic rings. The monoisotopic (exact) mass is 297 g/mol. The molecule has 2 rings (SSSR count). The molecule has 1 aliphatic rings. The fourth-order valence-electron chi connectivity index (χ4n) is 2.31. The highest BCUT2D eigenvalue weighted by molar-refractivity contribution is 7.99. The lowest BCUT2D eigenvalue weighted by atomic mass is 10.1. The Morgan fingerprint density at radius 2 is 2.20 bits per heavy atom. The van der Waals surface area contributed by atoms with Gasteiger partial charge in [0.05, 0.1) is 18.6 Å². The number of carbonyl (C=O) groups is 1. The largest absolute Gasteiger partial charge is 0.472 e. The summed E-state index contributed by atoms with van der Waals surface area (Å²) in [6.45, 7) is 6.61. The van der Waals surface area contributed by atoms with Crippen molar-refractivity contribution >= 4 is 17.8 Å². The topological polar surface area (TPSA) is 57.5 Å². The molecule has 1 saturated heterocycles. The lowest BCUT2D eigenvalue weighted by Gasteiger charge is -2.34. The maximum Gasteiger partial charge on any atom is 0.315 e. The maximum atomic E-state index is 11.7. The Bertz CT molecular complexity index is 403. The summed E-state index contributed by atoms with van der Waals surface area (Å²) < 4.78 is 5.20. The summed E-state index contributed by atoms with van der Waals surface area (Å²) in [6.07, 6.45) is 3.46. The standard InChI is InChI=1S/C14H23N3O2S/c1-11(2)16-14(18)15-9-13(12-3-6-19-10-12)17-4-7-20-8-5-17/h3,6,10-11,13H,4-5,7-9H2,1-2H3,(H2,15,16,18)/t13-/m1/s1. The second-order valence-electron chi connectivity index (χ2n) is 5.23. The molecule has 0 aliphatic carbocycles. The van der Waals surface area contributed by atoms with Crippen LogP contribution in [-0.2, 0) is 0 Å². The van der Waals surface area contributed by atoms with Crippen molar-refractivity contribution in [3.63, 3.8) is 0 Å². The molecular weight excluding hydrogens is 274 g/mol. The molecule has 1 aliphatic heterocycles. The molecule has 1 fully saturated rings. The third-order valence-electron chi connectivity index (χ3n) is 3.29. The highest BCUT2D eigenvalue weighted by atomic mass is 32.2. The summed E-state index contributed by atoms with van der Waals surface area (Å²) in [5.74, 6) is 2.29. The zero-order valence-electron chi connectivity index (χ0n) is 12.1. The summed E-state index contributed by atoms with van der Waals surface area (Å²) in [5.41, 5.74) is 1.13. The molecular formula is C14H23N3O2S. The highest BCUT2D eigenvalue weighted by Crippen LogP contribution is 2.24. The first kappa shape index (κ1) is 15.3. The predicted octanol–water partition coefficient (Wildman–Crippen LogP) is 2.08. The molecule has 1 atom stereocenters. The van der Waals surface area contributed by atoms with Gasteiger partial charge >= 0.3 is 6.03 Å². The van der Waals surface area contributed by atoms with E-state index in [1.807, 2.05) is 31.7 Å². The van der Waals surface area contributed by atoms with Crippen molar-refractivity contribution in [2.75, 3.05) is 31.1 Å². The molecule has 0 radical (unpaired) electrons. The van der Waals surface area contributed by atoms with Gasteiger partial charge in [-0.2, -0.15) is 11.8 Å². The quantitative estimate of drug-likeness (QED) is 0.873. The van der Waals surface area contributed by atoms with Crippen LogP contribution in [0.1, 0.15) is 25.5 Å². The Kier molecular flexibility index (Phi) is 5.79. The summed E-state index contributed by atoms with van der Waals surface area (Å²) in [5, 5.41) is 5.81. The van der Waals surface area contributed by atoms with Gasteiger partial charge in [0.2, 0.25) is 0 Å². The summed E-state index contributed by atoms with van der Waals surface area (Å²) >= 11 is 1.98. The SMILES string of the molecule is CC(C)NC(=O)NC[C@H](c1ccoc1)N1CCSCC1. The van der Waals surface area contributed by atoms with Crippen LogP contribution < -0.4 is 10.6 Å². The fourth-order valence-corrected chi connectivity index (χ4v) is 3.25. The molecule has 0 bridgehead atoms. The summed E-state index contributed by atoms with van der Waals surface area (Å²) in [7, 11) is 0. The third-order valence-corrected chi connectivity index (χ3v) is 4.23. The van der Waals surface area contributed by atoms with E-state index in [4.69, 9.17) is 4.42 Å². The maximum absolute atomic E-state index is 11.7. The number of urea groups is 1. The van der Waals surface area contributed by atoms with Crippen LogP contribution in [0.5, 0.6) is 0 Å². The number of nitrogens with zero attached hydrogens (tertiary/aromatic N) is 1. The van der Waals surface area contributed by atoms with Gasteiger partial charge in [0.15, 0.2) is 0 Å². The van der Waals surface area contributed by atoms with E-state index >= 15 is 0 Å². The van der Waals surface area contributed by atoms with E-state index in [1.165, 1.54) is 0 Å². The van der Waals surface area contributed by atoms with Crippen molar-refractivity contribution in [1.29, 1.82) is 0 Å². The van der Waals surface area contributed by atoms with Crippen molar-refractivity contribution in [3.05, 3.63) is 24.2 Å². The van der Waals surface area contributed by atoms with Gasteiger partial charge in [-0.05, 0) is 19.9 Å². The normalized spacial score (nSPS) is 17.9. The molecule has 0 spiro atoms. The lowest BCUT2D eigenvalue weighted by Crippen LogP contribution is -2.45. The van der Waals surface area contributed by atoms with Crippen LogP contribution in [-0.4, -0.2) is 48.1 Å². The predicted molar refractivity (Wildman–Crippen MR) is 82.0 cm³/mol. The zero-order valence-corrected chi connectivity index (χ0v) is 12.9. The second kappa shape index (κ2) is 7.59. The van der Waals surface area contributed by atoms with Gasteiger partial charge < -0.3 is 15.1 Å². The first-order chi connectivity index (χ1) is 9.66. The van der Waals surface area contributed by atoms with Crippen molar-refractivity contribution in [2.24, 2.45) is 0 Å². The molecule has 1 aromatic heterocycles.